The Labute approximate surface area is 131 Å². The molecule has 0 unspecified atom stereocenters. The number of amides is 2. The van der Waals surface area contributed by atoms with E-state index < -0.39 is 22.7 Å². The fourth-order valence-electron chi connectivity index (χ4n) is 2.23. The average molecular weight is 324 g/mol. The van der Waals surface area contributed by atoms with Crippen molar-refractivity contribution >= 4 is 22.6 Å². The first kappa shape index (κ1) is 16.6. The van der Waals surface area contributed by atoms with Gasteiger partial charge in [0.2, 0.25) is 11.8 Å². The summed E-state index contributed by atoms with van der Waals surface area (Å²) >= 11 is 0. The van der Waals surface area contributed by atoms with Crippen LogP contribution in [0.15, 0.2) is 35.2 Å². The minimum absolute atomic E-state index is 0.230. The van der Waals surface area contributed by atoms with Crippen molar-refractivity contribution in [2.75, 3.05) is 19.0 Å². The van der Waals surface area contributed by atoms with Crippen LogP contribution in [0.25, 0.3) is 0 Å². The Morgan fingerprint density at radius 1 is 1.36 bits per heavy atom. The van der Waals surface area contributed by atoms with E-state index in [4.69, 9.17) is 10.5 Å². The van der Waals surface area contributed by atoms with Crippen LogP contribution in [0.1, 0.15) is 12.8 Å². The zero-order valence-electron chi connectivity index (χ0n) is 12.2. The molecule has 1 saturated heterocycles. The molecule has 0 saturated carbocycles. The highest BCUT2D eigenvalue weighted by Crippen LogP contribution is 2.13. The van der Waals surface area contributed by atoms with Gasteiger partial charge in [0.05, 0.1) is 23.3 Å². The van der Waals surface area contributed by atoms with Gasteiger partial charge in [-0.3, -0.25) is 13.8 Å². The molecule has 1 aliphatic heterocycles. The maximum Gasteiger partial charge on any atom is 0.240 e. The summed E-state index contributed by atoms with van der Waals surface area (Å²) in [6.45, 7) is 0.921. The minimum atomic E-state index is -1.22. The highest BCUT2D eigenvalue weighted by Gasteiger charge is 2.27. The molecule has 0 aromatic heterocycles. The van der Waals surface area contributed by atoms with E-state index in [1.807, 2.05) is 6.07 Å². The lowest BCUT2D eigenvalue weighted by Gasteiger charge is -2.17. The minimum Gasteiger partial charge on any atom is -0.381 e. The van der Waals surface area contributed by atoms with Crippen LogP contribution < -0.4 is 11.1 Å². The molecule has 120 valence electrons. The number of primary amides is 1. The molecule has 0 radical (unpaired) electrons. The molecule has 2 amide bonds. The van der Waals surface area contributed by atoms with Gasteiger partial charge in [-0.05, 0) is 25.0 Å². The first-order valence-corrected chi connectivity index (χ1v) is 8.50. The van der Waals surface area contributed by atoms with Gasteiger partial charge >= 0.3 is 0 Å². The summed E-state index contributed by atoms with van der Waals surface area (Å²) in [5.41, 5.74) is 5.32. The maximum absolute atomic E-state index is 12.1. The Kier molecular flexibility index (Phi) is 6.09. The molecule has 2 rings (SSSR count). The smallest absolute Gasteiger partial charge is 0.240 e. The maximum atomic E-state index is 12.1. The van der Waals surface area contributed by atoms with E-state index >= 15 is 0 Å². The third-order valence-corrected chi connectivity index (χ3v) is 4.96. The van der Waals surface area contributed by atoms with Crippen LogP contribution in [-0.2, 0) is 25.1 Å². The number of carbonyl (C=O) groups is 2. The van der Waals surface area contributed by atoms with E-state index in [9.17, 15) is 13.8 Å². The molecule has 0 bridgehead atoms. The second-order valence-corrected chi connectivity index (χ2v) is 6.75. The molecular formula is C15H20N2O4S. The standard InChI is InChI=1S/C15H20N2O4S/c16-14(18)13(17-15(19)11-6-8-21-10-11)7-9-22(20)12-4-2-1-3-5-12/h1-5,11,13H,6-10H2,(H2,16,18)(H,17,19)/t11-,13-,22+/m0/s1. The number of benzene rings is 1. The highest BCUT2D eigenvalue weighted by molar-refractivity contribution is 7.85. The lowest BCUT2D eigenvalue weighted by Crippen LogP contribution is -2.47. The van der Waals surface area contributed by atoms with Gasteiger partial charge in [-0.1, -0.05) is 18.2 Å². The number of hydrogen-bond donors (Lipinski definition) is 2. The van der Waals surface area contributed by atoms with Crippen molar-refractivity contribution in [2.24, 2.45) is 11.7 Å². The number of nitrogens with two attached hydrogens (primary N) is 1. The van der Waals surface area contributed by atoms with Crippen LogP contribution in [0.3, 0.4) is 0 Å². The van der Waals surface area contributed by atoms with Crippen LogP contribution in [0.2, 0.25) is 0 Å². The first-order valence-electron chi connectivity index (χ1n) is 7.19. The highest BCUT2D eigenvalue weighted by atomic mass is 32.2. The topological polar surface area (TPSA) is 98.5 Å². The molecule has 3 N–H and O–H groups in total. The summed E-state index contributed by atoms with van der Waals surface area (Å²) in [5.74, 6) is -0.815. The molecule has 6 nitrogen and oxygen atoms in total. The van der Waals surface area contributed by atoms with Crippen molar-refractivity contribution in [1.29, 1.82) is 0 Å². The summed E-state index contributed by atoms with van der Waals surface area (Å²) in [7, 11) is -1.22. The summed E-state index contributed by atoms with van der Waals surface area (Å²) < 4.78 is 17.3. The van der Waals surface area contributed by atoms with Crippen molar-refractivity contribution in [3.63, 3.8) is 0 Å². The molecule has 22 heavy (non-hydrogen) atoms. The number of rotatable bonds is 7. The predicted octanol–water partition coefficient (Wildman–Crippen LogP) is 0.191. The Bertz CT molecular complexity index is 544. The van der Waals surface area contributed by atoms with Crippen LogP contribution in [0.5, 0.6) is 0 Å². The van der Waals surface area contributed by atoms with Gasteiger partial charge in [-0.2, -0.15) is 0 Å². The Balaban J connectivity index is 1.87. The van der Waals surface area contributed by atoms with Crippen LogP contribution in [0.4, 0.5) is 0 Å². The fraction of sp³-hybridized carbons (Fsp3) is 0.467. The summed E-state index contributed by atoms with van der Waals surface area (Å²) in [6.07, 6.45) is 0.892. The second kappa shape index (κ2) is 8.05. The molecular weight excluding hydrogens is 304 g/mol. The van der Waals surface area contributed by atoms with Gasteiger partial charge < -0.3 is 15.8 Å². The largest absolute Gasteiger partial charge is 0.381 e. The number of hydrogen-bond acceptors (Lipinski definition) is 4. The van der Waals surface area contributed by atoms with E-state index in [2.05, 4.69) is 5.32 Å². The molecule has 0 aliphatic carbocycles. The van der Waals surface area contributed by atoms with E-state index in [1.54, 1.807) is 24.3 Å². The zero-order chi connectivity index (χ0) is 15.9. The van der Waals surface area contributed by atoms with Crippen molar-refractivity contribution in [1.82, 2.24) is 5.32 Å². The average Bonchev–Trinajstić information content (AvgIpc) is 3.06. The monoisotopic (exact) mass is 324 g/mol. The van der Waals surface area contributed by atoms with Crippen LogP contribution in [-0.4, -0.2) is 41.0 Å². The first-order chi connectivity index (χ1) is 10.6. The van der Waals surface area contributed by atoms with Gasteiger partial charge in [0, 0.05) is 17.3 Å². The van der Waals surface area contributed by atoms with E-state index in [0.717, 1.165) is 0 Å². The summed E-state index contributed by atoms with van der Waals surface area (Å²) in [4.78, 5) is 24.2. The molecule has 1 aliphatic rings. The SMILES string of the molecule is NC(=O)[C@H](CC[S@@](=O)c1ccccc1)NC(=O)[C@H]1CCOC1. The van der Waals surface area contributed by atoms with Gasteiger partial charge in [-0.25, -0.2) is 0 Å². The molecule has 1 heterocycles. The molecule has 3 atom stereocenters. The Hall–Kier alpha value is -1.73. The molecule has 1 fully saturated rings. The fourth-order valence-corrected chi connectivity index (χ4v) is 3.38. The quantitative estimate of drug-likeness (QED) is 0.748. The zero-order valence-corrected chi connectivity index (χ0v) is 13.0. The number of carbonyl (C=O) groups excluding carboxylic acids is 2. The van der Waals surface area contributed by atoms with Crippen LogP contribution in [0, 0.1) is 5.92 Å². The Morgan fingerprint density at radius 2 is 2.09 bits per heavy atom. The lowest BCUT2D eigenvalue weighted by molar-refractivity contribution is -0.129. The second-order valence-electron chi connectivity index (χ2n) is 5.18. The van der Waals surface area contributed by atoms with Gasteiger partial charge in [0.25, 0.3) is 0 Å². The normalized spacial score (nSPS) is 20.3. The van der Waals surface area contributed by atoms with E-state index in [1.165, 1.54) is 0 Å². The van der Waals surface area contributed by atoms with Crippen molar-refractivity contribution < 1.29 is 18.5 Å². The number of nitrogens with one attached hydrogen (secondary N) is 1. The third-order valence-electron chi connectivity index (χ3n) is 3.56. The van der Waals surface area contributed by atoms with E-state index in [0.29, 0.717) is 24.5 Å². The molecule has 1 aromatic rings. The molecule has 0 spiro atoms. The van der Waals surface area contributed by atoms with Gasteiger partial charge in [-0.15, -0.1) is 0 Å². The van der Waals surface area contributed by atoms with Crippen molar-refractivity contribution in [3.8, 4) is 0 Å². The van der Waals surface area contributed by atoms with E-state index in [-0.39, 0.29) is 24.0 Å². The molecule has 7 heteroatoms. The lowest BCUT2D eigenvalue weighted by atomic mass is 10.1. The molecule has 1 aromatic carbocycles. The third kappa shape index (κ3) is 4.64. The number of ether oxygens (including phenoxy) is 1. The Morgan fingerprint density at radius 3 is 2.68 bits per heavy atom. The van der Waals surface area contributed by atoms with Gasteiger partial charge in [0.1, 0.15) is 6.04 Å². The van der Waals surface area contributed by atoms with Crippen LogP contribution >= 0.6 is 0 Å². The summed E-state index contributed by atoms with van der Waals surface area (Å²) in [5, 5.41) is 2.64. The van der Waals surface area contributed by atoms with Crippen molar-refractivity contribution in [2.45, 2.75) is 23.8 Å². The van der Waals surface area contributed by atoms with Crippen molar-refractivity contribution in [3.05, 3.63) is 30.3 Å². The summed E-state index contributed by atoms with van der Waals surface area (Å²) in [6, 6.07) is 8.19. The predicted molar refractivity (Wildman–Crippen MR) is 82.4 cm³/mol. The van der Waals surface area contributed by atoms with Gasteiger partial charge in [0.15, 0.2) is 0 Å².